The van der Waals surface area contributed by atoms with Crippen molar-refractivity contribution in [1.29, 1.82) is 0 Å². The molecule has 1 aliphatic heterocycles. The normalized spacial score (nSPS) is 26.6. The van der Waals surface area contributed by atoms with E-state index in [0.29, 0.717) is 6.61 Å². The number of carboxylic acids is 1. The number of carbonyl (C=O) groups is 2. The van der Waals surface area contributed by atoms with Gasteiger partial charge < -0.3 is 20.9 Å². The first-order valence-corrected chi connectivity index (χ1v) is 5.60. The molecule has 0 spiro atoms. The van der Waals surface area contributed by atoms with E-state index in [9.17, 15) is 9.59 Å². The van der Waals surface area contributed by atoms with Gasteiger partial charge >= 0.3 is 5.97 Å². The van der Waals surface area contributed by atoms with E-state index in [1.165, 1.54) is 0 Å². The molecule has 0 radical (unpaired) electrons. The molecule has 6 nitrogen and oxygen atoms in total. The lowest BCUT2D eigenvalue weighted by atomic mass is 9.86. The number of nitrogens with one attached hydrogen (secondary N) is 1. The highest BCUT2D eigenvalue weighted by Crippen LogP contribution is 2.21. The predicted octanol–water partition coefficient (Wildman–Crippen LogP) is -0.424. The summed E-state index contributed by atoms with van der Waals surface area (Å²) in [7, 11) is 0. The Bertz CT molecular complexity index is 311. The molecular formula is C11H20N2O4. The van der Waals surface area contributed by atoms with Crippen molar-refractivity contribution >= 4 is 11.9 Å². The van der Waals surface area contributed by atoms with Crippen molar-refractivity contribution in [3.05, 3.63) is 0 Å². The van der Waals surface area contributed by atoms with Crippen LogP contribution in [-0.2, 0) is 14.3 Å². The van der Waals surface area contributed by atoms with Gasteiger partial charge in [-0.1, -0.05) is 20.8 Å². The number of nitrogens with two attached hydrogens (primary N) is 1. The van der Waals surface area contributed by atoms with Gasteiger partial charge in [0.25, 0.3) is 0 Å². The van der Waals surface area contributed by atoms with Crippen molar-refractivity contribution in [3.8, 4) is 0 Å². The van der Waals surface area contributed by atoms with Crippen molar-refractivity contribution < 1.29 is 19.4 Å². The van der Waals surface area contributed by atoms with Crippen molar-refractivity contribution in [1.82, 2.24) is 5.32 Å². The fourth-order valence-corrected chi connectivity index (χ4v) is 1.74. The molecule has 1 aliphatic rings. The van der Waals surface area contributed by atoms with Crippen LogP contribution < -0.4 is 11.1 Å². The van der Waals surface area contributed by atoms with Gasteiger partial charge in [-0.15, -0.1) is 0 Å². The van der Waals surface area contributed by atoms with Crippen LogP contribution in [0.25, 0.3) is 0 Å². The van der Waals surface area contributed by atoms with Crippen molar-refractivity contribution in [2.75, 3.05) is 13.2 Å². The van der Waals surface area contributed by atoms with E-state index in [1.54, 1.807) is 20.8 Å². The molecule has 1 heterocycles. The average molecular weight is 244 g/mol. The lowest BCUT2D eigenvalue weighted by Gasteiger charge is -2.29. The van der Waals surface area contributed by atoms with Crippen LogP contribution in [0.3, 0.4) is 0 Å². The third kappa shape index (κ3) is 3.41. The molecule has 0 aromatic rings. The van der Waals surface area contributed by atoms with Crippen molar-refractivity contribution in [2.45, 2.75) is 32.9 Å². The van der Waals surface area contributed by atoms with Crippen LogP contribution in [0.5, 0.6) is 0 Å². The first-order chi connectivity index (χ1) is 7.73. The van der Waals surface area contributed by atoms with Gasteiger partial charge in [0, 0.05) is 6.04 Å². The van der Waals surface area contributed by atoms with Crippen molar-refractivity contribution in [2.24, 2.45) is 17.1 Å². The quantitative estimate of drug-likeness (QED) is 0.625. The summed E-state index contributed by atoms with van der Waals surface area (Å²) in [5.41, 5.74) is 5.16. The van der Waals surface area contributed by atoms with Crippen LogP contribution in [0.2, 0.25) is 0 Å². The molecular weight excluding hydrogens is 224 g/mol. The molecule has 4 N–H and O–H groups in total. The predicted molar refractivity (Wildman–Crippen MR) is 61.3 cm³/mol. The molecule has 1 amide bonds. The molecule has 0 aliphatic carbocycles. The molecule has 98 valence electrons. The fraction of sp³-hybridized carbons (Fsp3) is 0.818. The van der Waals surface area contributed by atoms with Crippen LogP contribution >= 0.6 is 0 Å². The number of hydrogen-bond donors (Lipinski definition) is 3. The molecule has 0 aromatic carbocycles. The van der Waals surface area contributed by atoms with Gasteiger partial charge in [0.2, 0.25) is 5.91 Å². The van der Waals surface area contributed by atoms with Crippen LogP contribution in [0.4, 0.5) is 0 Å². The Labute approximate surface area is 101 Å². The highest BCUT2D eigenvalue weighted by Gasteiger charge is 2.37. The van der Waals surface area contributed by atoms with E-state index >= 15 is 0 Å². The maximum Gasteiger partial charge on any atom is 0.326 e. The zero-order valence-electron chi connectivity index (χ0n) is 10.4. The van der Waals surface area contributed by atoms with E-state index in [0.717, 1.165) is 0 Å². The highest BCUT2D eigenvalue weighted by molar-refractivity contribution is 5.86. The zero-order chi connectivity index (χ0) is 13.2. The van der Waals surface area contributed by atoms with E-state index in [1.807, 2.05) is 0 Å². The Morgan fingerprint density at radius 2 is 2.00 bits per heavy atom. The topological polar surface area (TPSA) is 102 Å². The number of hydrogen-bond acceptors (Lipinski definition) is 4. The minimum Gasteiger partial charge on any atom is -0.480 e. The number of amides is 1. The summed E-state index contributed by atoms with van der Waals surface area (Å²) in [6, 6.07) is -1.28. The van der Waals surface area contributed by atoms with Gasteiger partial charge in [0.15, 0.2) is 0 Å². The lowest BCUT2D eigenvalue weighted by Crippen LogP contribution is -2.53. The Balaban J connectivity index is 2.68. The second kappa shape index (κ2) is 5.01. The smallest absolute Gasteiger partial charge is 0.326 e. The van der Waals surface area contributed by atoms with Gasteiger partial charge in [-0.2, -0.15) is 0 Å². The van der Waals surface area contributed by atoms with Crippen LogP contribution in [0.1, 0.15) is 20.8 Å². The number of ether oxygens (including phenoxy) is 1. The third-order valence-corrected chi connectivity index (χ3v) is 2.86. The van der Waals surface area contributed by atoms with Crippen LogP contribution in [0.15, 0.2) is 0 Å². The highest BCUT2D eigenvalue weighted by atomic mass is 16.5. The summed E-state index contributed by atoms with van der Waals surface area (Å²) in [5.74, 6) is -1.85. The zero-order valence-corrected chi connectivity index (χ0v) is 10.4. The molecule has 3 atom stereocenters. The Hall–Kier alpha value is -1.14. The molecule has 17 heavy (non-hydrogen) atoms. The minimum atomic E-state index is -1.04. The van der Waals surface area contributed by atoms with Crippen LogP contribution in [-0.4, -0.2) is 42.3 Å². The first-order valence-electron chi connectivity index (χ1n) is 5.60. The number of aliphatic carboxylic acids is 1. The Morgan fingerprint density at radius 1 is 1.41 bits per heavy atom. The maximum atomic E-state index is 11.9. The van der Waals surface area contributed by atoms with E-state index in [2.05, 4.69) is 5.32 Å². The monoisotopic (exact) mass is 244 g/mol. The lowest BCUT2D eigenvalue weighted by molar-refractivity contribution is -0.145. The summed E-state index contributed by atoms with van der Waals surface area (Å²) in [4.78, 5) is 23.0. The first kappa shape index (κ1) is 13.9. The fourth-order valence-electron chi connectivity index (χ4n) is 1.74. The van der Waals surface area contributed by atoms with Gasteiger partial charge in [-0.3, -0.25) is 4.79 Å². The minimum absolute atomic E-state index is 0.253. The second-order valence-electron chi connectivity index (χ2n) is 5.45. The molecule has 0 bridgehead atoms. The van der Waals surface area contributed by atoms with E-state index in [-0.39, 0.29) is 18.6 Å². The summed E-state index contributed by atoms with van der Waals surface area (Å²) >= 11 is 0. The summed E-state index contributed by atoms with van der Waals surface area (Å²) in [6.45, 7) is 5.88. The van der Waals surface area contributed by atoms with Gasteiger partial charge in [0.1, 0.15) is 6.04 Å². The summed E-state index contributed by atoms with van der Waals surface area (Å²) in [6.07, 6.45) is 0. The molecule has 1 fully saturated rings. The van der Waals surface area contributed by atoms with Gasteiger partial charge in [-0.05, 0) is 5.41 Å². The van der Waals surface area contributed by atoms with Gasteiger partial charge in [0.05, 0.1) is 19.1 Å². The summed E-state index contributed by atoms with van der Waals surface area (Å²) < 4.78 is 5.08. The maximum absolute atomic E-state index is 11.9. The van der Waals surface area contributed by atoms with Crippen molar-refractivity contribution in [3.63, 3.8) is 0 Å². The Morgan fingerprint density at radius 3 is 2.35 bits per heavy atom. The average Bonchev–Trinajstić information content (AvgIpc) is 2.58. The number of carbonyl (C=O) groups excluding carboxylic acids is 1. The van der Waals surface area contributed by atoms with Crippen LogP contribution in [0, 0.1) is 11.3 Å². The Kier molecular flexibility index (Phi) is 4.11. The van der Waals surface area contributed by atoms with E-state index in [4.69, 9.17) is 15.6 Å². The standard InChI is InChI=1S/C11H20N2O4/c1-11(2,3)8(10(15)16)13-9(14)6-4-17-5-7(6)12/h6-8H,4-5,12H2,1-3H3,(H,13,14)(H,15,16). The second-order valence-corrected chi connectivity index (χ2v) is 5.45. The van der Waals surface area contributed by atoms with Gasteiger partial charge in [-0.25, -0.2) is 4.79 Å². The number of rotatable bonds is 3. The number of carboxylic acid groups (broad SMARTS) is 1. The molecule has 1 saturated heterocycles. The molecule has 0 aromatic heterocycles. The van der Waals surface area contributed by atoms with E-state index < -0.39 is 23.3 Å². The molecule has 3 unspecified atom stereocenters. The molecule has 6 heteroatoms. The molecule has 0 saturated carbocycles. The SMILES string of the molecule is CC(C)(C)C(NC(=O)C1COCC1N)C(=O)O. The molecule has 1 rings (SSSR count). The largest absolute Gasteiger partial charge is 0.480 e. The summed E-state index contributed by atoms with van der Waals surface area (Å²) in [5, 5.41) is 11.6. The third-order valence-electron chi connectivity index (χ3n) is 2.86.